The van der Waals surface area contributed by atoms with Crippen molar-refractivity contribution < 1.29 is 9.18 Å². The summed E-state index contributed by atoms with van der Waals surface area (Å²) in [6, 6.07) is 11.4. The third-order valence-electron chi connectivity index (χ3n) is 6.18. The van der Waals surface area contributed by atoms with E-state index in [0.29, 0.717) is 40.4 Å². The molecule has 1 unspecified atom stereocenters. The molecular formula is C28H33FN6OS. The highest BCUT2D eigenvalue weighted by Gasteiger charge is 2.45. The molecule has 0 amide bonds. The van der Waals surface area contributed by atoms with Crippen LogP contribution in [0, 0.1) is 22.1 Å². The van der Waals surface area contributed by atoms with E-state index in [2.05, 4.69) is 15.6 Å². The average molecular weight is 521 g/mol. The number of ketones is 1. The first kappa shape index (κ1) is 28.0. The first-order valence-corrected chi connectivity index (χ1v) is 13.1. The lowest BCUT2D eigenvalue weighted by atomic mass is 9.64. The van der Waals surface area contributed by atoms with Crippen LogP contribution in [0.15, 0.2) is 83.4 Å². The largest absolute Gasteiger partial charge is 0.388 e. The van der Waals surface area contributed by atoms with Crippen LogP contribution >= 0.6 is 11.9 Å². The third-order valence-corrected chi connectivity index (χ3v) is 6.62. The summed E-state index contributed by atoms with van der Waals surface area (Å²) >= 11 is 1.19. The summed E-state index contributed by atoms with van der Waals surface area (Å²) in [5.41, 5.74) is 2.73. The van der Waals surface area contributed by atoms with Gasteiger partial charge in [0.15, 0.2) is 5.78 Å². The summed E-state index contributed by atoms with van der Waals surface area (Å²) in [6.45, 7) is 4.00. The maximum absolute atomic E-state index is 14.2. The number of nitrogens with zero attached hydrogens (tertiary/aromatic N) is 1. The Hall–Kier alpha value is -3.56. The van der Waals surface area contributed by atoms with Gasteiger partial charge in [0.05, 0.1) is 5.41 Å². The highest BCUT2D eigenvalue weighted by molar-refractivity contribution is 7.97. The summed E-state index contributed by atoms with van der Waals surface area (Å²) in [5, 5.41) is 28.5. The number of pyridine rings is 1. The number of nitrogens with two attached hydrogens (primary N) is 1. The minimum atomic E-state index is -1.06. The summed E-state index contributed by atoms with van der Waals surface area (Å²) in [5.74, 6) is 0.0761. The van der Waals surface area contributed by atoms with Gasteiger partial charge in [-0.05, 0) is 86.7 Å². The number of carbonyl (C=O) groups excluding carboxylic acids is 1. The lowest BCUT2D eigenvalue weighted by Gasteiger charge is -2.39. The first-order chi connectivity index (χ1) is 17.8. The van der Waals surface area contributed by atoms with Crippen LogP contribution in [0.2, 0.25) is 0 Å². The number of allylic oxidation sites excluding steroid dienone is 4. The van der Waals surface area contributed by atoms with Crippen molar-refractivity contribution >= 4 is 35.8 Å². The molecule has 0 aliphatic heterocycles. The number of rotatable bonds is 13. The molecule has 37 heavy (non-hydrogen) atoms. The molecule has 0 saturated heterocycles. The molecule has 9 heteroatoms. The molecule has 0 radical (unpaired) electrons. The van der Waals surface area contributed by atoms with Crippen molar-refractivity contribution in [2.24, 2.45) is 10.6 Å². The molecule has 0 bridgehead atoms. The van der Waals surface area contributed by atoms with E-state index in [1.165, 1.54) is 36.5 Å². The van der Waals surface area contributed by atoms with Crippen LogP contribution in [0.4, 0.5) is 10.1 Å². The van der Waals surface area contributed by atoms with Crippen LogP contribution in [0.25, 0.3) is 0 Å². The summed E-state index contributed by atoms with van der Waals surface area (Å²) in [6.07, 6.45) is 8.81. The van der Waals surface area contributed by atoms with Crippen molar-refractivity contribution in [1.82, 2.24) is 10.3 Å². The predicted octanol–water partition coefficient (Wildman–Crippen LogP) is 5.65. The number of Topliss-reactive ketones (excluding diaryl/α,β-unsaturated/α-hetero) is 1. The molecule has 0 saturated carbocycles. The smallest absolute Gasteiger partial charge is 0.192 e. The normalized spacial score (nSPS) is 17.9. The van der Waals surface area contributed by atoms with Gasteiger partial charge in [0.2, 0.25) is 0 Å². The fraction of sp³-hybridized carbons (Fsp3) is 0.286. The summed E-state index contributed by atoms with van der Waals surface area (Å²) < 4.78 is 13.5. The molecule has 194 valence electrons. The molecule has 1 aliphatic rings. The Bertz CT molecular complexity index is 1210. The Morgan fingerprint density at radius 2 is 2.00 bits per heavy atom. The van der Waals surface area contributed by atoms with Crippen molar-refractivity contribution in [2.45, 2.75) is 39.2 Å². The lowest BCUT2D eigenvalue weighted by Crippen LogP contribution is -2.38. The second-order valence-electron chi connectivity index (χ2n) is 9.17. The quantitative estimate of drug-likeness (QED) is 0.132. The second-order valence-corrected chi connectivity index (χ2v) is 9.91. The van der Waals surface area contributed by atoms with E-state index in [9.17, 15) is 9.18 Å². The van der Waals surface area contributed by atoms with Crippen LogP contribution in [-0.4, -0.2) is 35.0 Å². The van der Waals surface area contributed by atoms with Crippen molar-refractivity contribution in [3.8, 4) is 0 Å². The zero-order chi connectivity index (χ0) is 26.8. The molecule has 0 fully saturated rings. The van der Waals surface area contributed by atoms with E-state index in [1.54, 1.807) is 42.7 Å². The van der Waals surface area contributed by atoms with E-state index < -0.39 is 5.41 Å². The van der Waals surface area contributed by atoms with Crippen molar-refractivity contribution in [1.29, 1.82) is 10.8 Å². The van der Waals surface area contributed by atoms with Crippen LogP contribution in [0.5, 0.6) is 0 Å². The molecule has 2 aromatic rings. The molecule has 1 aliphatic carbocycles. The molecular weight excluding hydrogens is 487 g/mol. The molecule has 6 N–H and O–H groups in total. The average Bonchev–Trinajstić information content (AvgIpc) is 2.91. The zero-order valence-electron chi connectivity index (χ0n) is 21.1. The van der Waals surface area contributed by atoms with Crippen LogP contribution < -0.4 is 15.8 Å². The lowest BCUT2D eigenvalue weighted by molar-refractivity contribution is 0.0828. The van der Waals surface area contributed by atoms with Gasteiger partial charge in [-0.15, -0.1) is 0 Å². The third kappa shape index (κ3) is 7.02. The number of hydrogen-bond donors (Lipinski definition) is 5. The van der Waals surface area contributed by atoms with Gasteiger partial charge in [0.1, 0.15) is 11.5 Å². The van der Waals surface area contributed by atoms with Gasteiger partial charge in [-0.3, -0.25) is 14.9 Å². The van der Waals surface area contributed by atoms with E-state index >= 15 is 0 Å². The highest BCUT2D eigenvalue weighted by Crippen LogP contribution is 2.48. The number of benzene rings is 1. The molecule has 1 aromatic heterocycles. The van der Waals surface area contributed by atoms with Gasteiger partial charge in [0.25, 0.3) is 0 Å². The Morgan fingerprint density at radius 1 is 1.24 bits per heavy atom. The van der Waals surface area contributed by atoms with Gasteiger partial charge in [-0.2, -0.15) is 0 Å². The second kappa shape index (κ2) is 13.1. The van der Waals surface area contributed by atoms with Crippen LogP contribution in [0.1, 0.15) is 43.6 Å². The molecule has 3 rings (SSSR count). The Labute approximate surface area is 221 Å². The maximum Gasteiger partial charge on any atom is 0.192 e. The number of nitrogens with one attached hydrogen (secondary N) is 4. The number of anilines is 1. The van der Waals surface area contributed by atoms with Gasteiger partial charge >= 0.3 is 0 Å². The summed E-state index contributed by atoms with van der Waals surface area (Å²) in [7, 11) is 0. The van der Waals surface area contributed by atoms with Crippen molar-refractivity contribution in [3.05, 3.63) is 94.9 Å². The molecule has 7 nitrogen and oxygen atoms in total. The van der Waals surface area contributed by atoms with E-state index in [-0.39, 0.29) is 30.5 Å². The van der Waals surface area contributed by atoms with Crippen LogP contribution in [-0.2, 0) is 0 Å². The van der Waals surface area contributed by atoms with Gasteiger partial charge in [-0.1, -0.05) is 23.6 Å². The molecule has 1 heterocycles. The first-order valence-electron chi connectivity index (χ1n) is 12.0. The van der Waals surface area contributed by atoms with E-state index in [4.69, 9.17) is 16.0 Å². The van der Waals surface area contributed by atoms with Gasteiger partial charge in [0, 0.05) is 48.0 Å². The number of aromatic nitrogens is 1. The fourth-order valence-corrected chi connectivity index (χ4v) is 4.68. The summed E-state index contributed by atoms with van der Waals surface area (Å²) in [4.78, 5) is 18.6. The number of halogens is 1. The van der Waals surface area contributed by atoms with E-state index in [0.717, 1.165) is 5.57 Å². The fourth-order valence-electron chi connectivity index (χ4n) is 4.34. The minimum Gasteiger partial charge on any atom is -0.388 e. The predicted molar refractivity (Wildman–Crippen MR) is 151 cm³/mol. The highest BCUT2D eigenvalue weighted by atomic mass is 32.2. The van der Waals surface area contributed by atoms with Crippen LogP contribution in [0.3, 0.4) is 0 Å². The number of carbonyl (C=O) groups is 1. The maximum atomic E-state index is 14.2. The molecule has 0 spiro atoms. The van der Waals surface area contributed by atoms with Gasteiger partial charge < -0.3 is 21.5 Å². The van der Waals surface area contributed by atoms with Crippen molar-refractivity contribution in [2.75, 3.05) is 11.1 Å². The monoisotopic (exact) mass is 520 g/mol. The Morgan fingerprint density at radius 3 is 2.59 bits per heavy atom. The minimum absolute atomic E-state index is 0.163. The molecule has 1 atom stereocenters. The Kier molecular flexibility index (Phi) is 9.93. The van der Waals surface area contributed by atoms with Crippen molar-refractivity contribution in [3.63, 3.8) is 0 Å². The topological polar surface area (TPSA) is 128 Å². The van der Waals surface area contributed by atoms with E-state index in [1.807, 2.05) is 19.9 Å². The zero-order valence-corrected chi connectivity index (χ0v) is 21.9. The molecule has 1 aromatic carbocycles. The standard InChI is InChI=1S/C28H33FN6OS/c1-19(2)34-18-20(16-30)14-28(27(36)25-5-3-4-11-33-25)15-21(17-31)26(13-22(28)10-12-37-32)35-24-8-6-23(29)7-9-24/h3-9,11,13,16-19,30-31,34-35H,10,12,14-15,32H2,1-2H3/b20-18-,30-16?,31-17?. The SMILES string of the molecule is CC(C)N/C=C(\C=N)CC1(C(=O)c2ccccn2)CC(C=N)=C(Nc2ccc(F)cc2)C=C1CCSN. The Balaban J connectivity index is 2.15. The number of hydrogen-bond acceptors (Lipinski definition) is 8. The van der Waals surface area contributed by atoms with Gasteiger partial charge in [-0.25, -0.2) is 4.39 Å².